The Morgan fingerprint density at radius 3 is 2.50 bits per heavy atom. The second-order valence-electron chi connectivity index (χ2n) is 8.89. The summed E-state index contributed by atoms with van der Waals surface area (Å²) < 4.78 is 6.32. The molecule has 2 unspecified atom stereocenters. The molecule has 5 heteroatoms. The van der Waals surface area contributed by atoms with E-state index in [1.807, 2.05) is 60.7 Å². The van der Waals surface area contributed by atoms with Gasteiger partial charge in [-0.2, -0.15) is 0 Å². The SMILES string of the molecule is CN1C2CCC1CC(Oc1cccc(CNC(=O)c3ccc(-c4ccccc4)cn3)c1)C2. The van der Waals surface area contributed by atoms with Gasteiger partial charge in [-0.1, -0.05) is 48.5 Å². The third-order valence-electron chi connectivity index (χ3n) is 6.81. The number of piperidine rings is 1. The van der Waals surface area contributed by atoms with Crippen molar-refractivity contribution in [3.05, 3.63) is 84.2 Å². The molecule has 32 heavy (non-hydrogen) atoms. The van der Waals surface area contributed by atoms with Crippen LogP contribution in [-0.2, 0) is 6.54 Å². The molecule has 1 aromatic heterocycles. The minimum Gasteiger partial charge on any atom is -0.490 e. The molecule has 3 aromatic rings. The molecular formula is C27H29N3O2. The minimum absolute atomic E-state index is 0.178. The smallest absolute Gasteiger partial charge is 0.270 e. The highest BCUT2D eigenvalue weighted by Gasteiger charge is 2.39. The van der Waals surface area contributed by atoms with Crippen LogP contribution in [0.1, 0.15) is 41.7 Å². The van der Waals surface area contributed by atoms with E-state index < -0.39 is 0 Å². The quantitative estimate of drug-likeness (QED) is 0.621. The number of ether oxygens (including phenoxy) is 1. The lowest BCUT2D eigenvalue weighted by atomic mass is 10.0. The lowest BCUT2D eigenvalue weighted by Gasteiger charge is -2.36. The van der Waals surface area contributed by atoms with Crippen molar-refractivity contribution in [1.82, 2.24) is 15.2 Å². The Morgan fingerprint density at radius 1 is 1.00 bits per heavy atom. The van der Waals surface area contributed by atoms with E-state index in [4.69, 9.17) is 4.74 Å². The fourth-order valence-corrected chi connectivity index (χ4v) is 4.98. The first-order valence-corrected chi connectivity index (χ1v) is 11.4. The lowest BCUT2D eigenvalue weighted by molar-refractivity contribution is 0.0661. The van der Waals surface area contributed by atoms with E-state index >= 15 is 0 Å². The van der Waals surface area contributed by atoms with Gasteiger partial charge in [0.1, 0.15) is 17.5 Å². The van der Waals surface area contributed by atoms with Crippen LogP contribution in [0.4, 0.5) is 0 Å². The molecule has 0 radical (unpaired) electrons. The highest BCUT2D eigenvalue weighted by molar-refractivity contribution is 5.92. The largest absolute Gasteiger partial charge is 0.490 e. The number of amides is 1. The van der Waals surface area contributed by atoms with Crippen LogP contribution in [0.2, 0.25) is 0 Å². The summed E-state index contributed by atoms with van der Waals surface area (Å²) >= 11 is 0. The number of fused-ring (bicyclic) bond motifs is 2. The predicted molar refractivity (Wildman–Crippen MR) is 126 cm³/mol. The van der Waals surface area contributed by atoms with Gasteiger partial charge in [0.2, 0.25) is 0 Å². The Hall–Kier alpha value is -3.18. The Balaban J connectivity index is 1.17. The fourth-order valence-electron chi connectivity index (χ4n) is 4.98. The Morgan fingerprint density at radius 2 is 1.78 bits per heavy atom. The molecule has 2 atom stereocenters. The molecule has 2 aliphatic heterocycles. The van der Waals surface area contributed by atoms with Crippen LogP contribution in [0.25, 0.3) is 11.1 Å². The summed E-state index contributed by atoms with van der Waals surface area (Å²) in [6, 6.07) is 23.1. The van der Waals surface area contributed by atoms with Crippen molar-refractivity contribution in [2.75, 3.05) is 7.05 Å². The van der Waals surface area contributed by atoms with E-state index in [2.05, 4.69) is 22.2 Å². The molecule has 5 nitrogen and oxygen atoms in total. The van der Waals surface area contributed by atoms with Crippen LogP contribution >= 0.6 is 0 Å². The van der Waals surface area contributed by atoms with Crippen molar-refractivity contribution in [1.29, 1.82) is 0 Å². The van der Waals surface area contributed by atoms with Crippen molar-refractivity contribution in [2.24, 2.45) is 0 Å². The number of rotatable bonds is 6. The second kappa shape index (κ2) is 9.13. The number of hydrogen-bond donors (Lipinski definition) is 1. The van der Waals surface area contributed by atoms with Gasteiger partial charge in [0, 0.05) is 30.4 Å². The van der Waals surface area contributed by atoms with Crippen molar-refractivity contribution in [3.63, 3.8) is 0 Å². The average Bonchev–Trinajstić information content (AvgIpc) is 3.04. The average molecular weight is 428 g/mol. The molecule has 0 spiro atoms. The Bertz CT molecular complexity index is 1050. The third kappa shape index (κ3) is 4.53. The number of aromatic nitrogens is 1. The van der Waals surface area contributed by atoms with Crippen molar-refractivity contribution in [2.45, 2.75) is 50.4 Å². The first-order chi connectivity index (χ1) is 15.7. The summed E-state index contributed by atoms with van der Waals surface area (Å²) in [5.74, 6) is 0.707. The first-order valence-electron chi connectivity index (χ1n) is 11.4. The van der Waals surface area contributed by atoms with Gasteiger partial charge in [0.25, 0.3) is 5.91 Å². The molecule has 5 rings (SSSR count). The third-order valence-corrected chi connectivity index (χ3v) is 6.81. The zero-order valence-electron chi connectivity index (χ0n) is 18.4. The van der Waals surface area contributed by atoms with Gasteiger partial charge in [-0.15, -0.1) is 0 Å². The number of hydrogen-bond acceptors (Lipinski definition) is 4. The molecular weight excluding hydrogens is 398 g/mol. The lowest BCUT2D eigenvalue weighted by Crippen LogP contribution is -2.43. The molecule has 2 fully saturated rings. The summed E-state index contributed by atoms with van der Waals surface area (Å²) in [5.41, 5.74) is 3.52. The van der Waals surface area contributed by atoms with Gasteiger partial charge >= 0.3 is 0 Å². The standard InChI is InChI=1S/C27H29N3O2/c1-30-22-11-12-23(30)16-25(15-22)32-24-9-5-6-19(14-24)17-29-27(31)26-13-10-21(18-28-26)20-7-3-2-4-8-20/h2-10,13-14,18,22-23,25H,11-12,15-17H2,1H3,(H,29,31). The minimum atomic E-state index is -0.178. The fraction of sp³-hybridized carbons (Fsp3) is 0.333. The molecule has 1 amide bonds. The monoisotopic (exact) mass is 427 g/mol. The Kier molecular flexibility index (Phi) is 5.91. The van der Waals surface area contributed by atoms with Gasteiger partial charge < -0.3 is 15.0 Å². The molecule has 2 bridgehead atoms. The van der Waals surface area contributed by atoms with Gasteiger partial charge in [-0.25, -0.2) is 0 Å². The van der Waals surface area contributed by atoms with Crippen molar-refractivity contribution < 1.29 is 9.53 Å². The van der Waals surface area contributed by atoms with Crippen LogP contribution in [-0.4, -0.2) is 41.0 Å². The number of carbonyl (C=O) groups is 1. The summed E-state index contributed by atoms with van der Waals surface area (Å²) in [6.07, 6.45) is 6.78. The molecule has 0 aliphatic carbocycles. The number of benzene rings is 2. The number of carbonyl (C=O) groups excluding carboxylic acids is 1. The summed E-state index contributed by atoms with van der Waals surface area (Å²) in [7, 11) is 2.24. The van der Waals surface area contributed by atoms with Crippen LogP contribution in [0.5, 0.6) is 5.75 Å². The van der Waals surface area contributed by atoms with E-state index in [1.54, 1.807) is 12.3 Å². The molecule has 164 valence electrons. The summed E-state index contributed by atoms with van der Waals surface area (Å²) in [4.78, 5) is 19.4. The van der Waals surface area contributed by atoms with E-state index in [9.17, 15) is 4.79 Å². The van der Waals surface area contributed by atoms with E-state index in [0.717, 1.165) is 35.3 Å². The van der Waals surface area contributed by atoms with Gasteiger partial charge in [0.05, 0.1) is 0 Å². The normalized spacial score (nSPS) is 22.5. The van der Waals surface area contributed by atoms with E-state index in [0.29, 0.717) is 24.3 Å². The highest BCUT2D eigenvalue weighted by atomic mass is 16.5. The molecule has 3 heterocycles. The van der Waals surface area contributed by atoms with Crippen molar-refractivity contribution in [3.8, 4) is 16.9 Å². The zero-order chi connectivity index (χ0) is 21.9. The maximum atomic E-state index is 12.6. The van der Waals surface area contributed by atoms with E-state index in [1.165, 1.54) is 12.8 Å². The molecule has 0 saturated carbocycles. The zero-order valence-corrected chi connectivity index (χ0v) is 18.4. The highest BCUT2D eigenvalue weighted by Crippen LogP contribution is 2.36. The molecule has 1 N–H and O–H groups in total. The maximum absolute atomic E-state index is 12.6. The van der Waals surface area contributed by atoms with Gasteiger partial charge in [-0.3, -0.25) is 9.78 Å². The molecule has 2 aliphatic rings. The van der Waals surface area contributed by atoms with Crippen LogP contribution in [0, 0.1) is 0 Å². The van der Waals surface area contributed by atoms with Crippen LogP contribution in [0.3, 0.4) is 0 Å². The predicted octanol–water partition coefficient (Wildman–Crippen LogP) is 4.68. The number of pyridine rings is 1. The second-order valence-corrected chi connectivity index (χ2v) is 8.89. The molecule has 2 saturated heterocycles. The number of nitrogens with one attached hydrogen (secondary N) is 1. The van der Waals surface area contributed by atoms with Gasteiger partial charge in [-0.05, 0) is 62.1 Å². The topological polar surface area (TPSA) is 54.5 Å². The van der Waals surface area contributed by atoms with Gasteiger partial charge in [0.15, 0.2) is 0 Å². The molecule has 2 aromatic carbocycles. The Labute approximate surface area is 189 Å². The number of nitrogens with zero attached hydrogens (tertiary/aromatic N) is 2. The van der Waals surface area contributed by atoms with Crippen LogP contribution in [0.15, 0.2) is 72.9 Å². The van der Waals surface area contributed by atoms with Crippen molar-refractivity contribution >= 4 is 5.91 Å². The van der Waals surface area contributed by atoms with E-state index in [-0.39, 0.29) is 12.0 Å². The first kappa shape index (κ1) is 20.7. The van der Waals surface area contributed by atoms with Crippen LogP contribution < -0.4 is 10.1 Å². The summed E-state index contributed by atoms with van der Waals surface area (Å²) in [6.45, 7) is 0.441. The summed E-state index contributed by atoms with van der Waals surface area (Å²) in [5, 5.41) is 2.97. The maximum Gasteiger partial charge on any atom is 0.270 e.